The number of nitrogens with one attached hydrogen (secondary N) is 1. The van der Waals surface area contributed by atoms with Gasteiger partial charge in [0.05, 0.1) is 31.6 Å². The summed E-state index contributed by atoms with van der Waals surface area (Å²) in [5.74, 6) is 1.54. The van der Waals surface area contributed by atoms with Crippen LogP contribution in [-0.4, -0.2) is 44.4 Å². The Hall–Kier alpha value is -3.10. The van der Waals surface area contributed by atoms with E-state index in [0.717, 1.165) is 30.7 Å². The molecule has 0 spiro atoms. The molecule has 1 unspecified atom stereocenters. The van der Waals surface area contributed by atoms with Crippen LogP contribution in [0.2, 0.25) is 0 Å². The van der Waals surface area contributed by atoms with E-state index in [9.17, 15) is 4.79 Å². The molecule has 0 aliphatic carbocycles. The molecule has 31 heavy (non-hydrogen) atoms. The first-order valence-corrected chi connectivity index (χ1v) is 10.9. The van der Waals surface area contributed by atoms with Gasteiger partial charge in [-0.15, -0.1) is 11.3 Å². The molecule has 0 radical (unpaired) electrons. The zero-order valence-electron chi connectivity index (χ0n) is 17.4. The molecular weight excluding hydrogens is 416 g/mol. The minimum Gasteiger partial charge on any atom is -0.493 e. The number of aromatic nitrogens is 1. The highest BCUT2D eigenvalue weighted by molar-refractivity contribution is 7.14. The molecule has 1 N–H and O–H groups in total. The fraction of sp³-hybridized carbons (Fsp3) is 0.304. The first-order chi connectivity index (χ1) is 15.2. The van der Waals surface area contributed by atoms with Crippen LogP contribution in [0.1, 0.15) is 23.2 Å². The molecule has 2 aromatic carbocycles. The van der Waals surface area contributed by atoms with E-state index in [1.807, 2.05) is 35.7 Å². The second-order valence-electron chi connectivity index (χ2n) is 7.00. The quantitative estimate of drug-likeness (QED) is 0.550. The third kappa shape index (κ3) is 4.98. The molecule has 1 amide bonds. The van der Waals surface area contributed by atoms with E-state index in [1.165, 1.54) is 11.3 Å². The van der Waals surface area contributed by atoms with Gasteiger partial charge in [0.1, 0.15) is 12.4 Å². The van der Waals surface area contributed by atoms with Gasteiger partial charge in [-0.2, -0.15) is 0 Å². The van der Waals surface area contributed by atoms with Gasteiger partial charge in [-0.05, 0) is 43.2 Å². The summed E-state index contributed by atoms with van der Waals surface area (Å²) in [5, 5.41) is 5.26. The molecule has 162 valence electrons. The Balaban J connectivity index is 1.46. The summed E-state index contributed by atoms with van der Waals surface area (Å²) < 4.78 is 22.1. The van der Waals surface area contributed by atoms with Crippen LogP contribution >= 0.6 is 11.3 Å². The number of hydrogen-bond acceptors (Lipinski definition) is 7. The van der Waals surface area contributed by atoms with Crippen molar-refractivity contribution in [1.29, 1.82) is 0 Å². The van der Waals surface area contributed by atoms with Gasteiger partial charge in [-0.25, -0.2) is 4.98 Å². The summed E-state index contributed by atoms with van der Waals surface area (Å²) in [6.45, 7) is 1.20. The molecule has 1 aromatic heterocycles. The standard InChI is InChI=1S/C23H24N2O5S/c1-27-20-10-9-15(12-21(20)28-2)18-14-31-23(24-18)25-22(26)17-7-3-4-8-19(17)30-13-16-6-5-11-29-16/h3-4,7-10,12,14,16H,5-6,11,13H2,1-2H3,(H,24,25,26). The molecule has 2 heterocycles. The lowest BCUT2D eigenvalue weighted by Crippen LogP contribution is -2.19. The van der Waals surface area contributed by atoms with Crippen molar-refractivity contribution in [2.24, 2.45) is 0 Å². The molecule has 0 saturated carbocycles. The molecule has 1 saturated heterocycles. The van der Waals surface area contributed by atoms with Crippen LogP contribution in [0.25, 0.3) is 11.3 Å². The number of anilines is 1. The number of amides is 1. The topological polar surface area (TPSA) is 78.9 Å². The summed E-state index contributed by atoms with van der Waals surface area (Å²) in [6.07, 6.45) is 2.11. The highest BCUT2D eigenvalue weighted by atomic mass is 32.1. The maximum atomic E-state index is 12.9. The first kappa shape index (κ1) is 21.1. The van der Waals surface area contributed by atoms with Crippen molar-refractivity contribution in [3.63, 3.8) is 0 Å². The minimum absolute atomic E-state index is 0.0825. The molecule has 0 bridgehead atoms. The molecule has 4 rings (SSSR count). The number of thiazole rings is 1. The smallest absolute Gasteiger partial charge is 0.261 e. The number of rotatable bonds is 8. The van der Waals surface area contributed by atoms with Gasteiger partial charge >= 0.3 is 0 Å². The SMILES string of the molecule is COc1ccc(-c2csc(NC(=O)c3ccccc3OCC3CCCO3)n2)cc1OC. The average molecular weight is 441 g/mol. The van der Waals surface area contributed by atoms with Gasteiger partial charge in [0.25, 0.3) is 5.91 Å². The van der Waals surface area contributed by atoms with Crippen molar-refractivity contribution >= 4 is 22.4 Å². The predicted octanol–water partition coefficient (Wildman–Crippen LogP) is 4.64. The van der Waals surface area contributed by atoms with Crippen LogP contribution < -0.4 is 19.5 Å². The zero-order chi connectivity index (χ0) is 21.6. The largest absolute Gasteiger partial charge is 0.493 e. The van der Waals surface area contributed by atoms with Gasteiger partial charge in [-0.1, -0.05) is 12.1 Å². The molecule has 1 atom stereocenters. The van der Waals surface area contributed by atoms with Gasteiger partial charge in [0, 0.05) is 17.6 Å². The maximum absolute atomic E-state index is 12.9. The van der Waals surface area contributed by atoms with E-state index in [0.29, 0.717) is 34.6 Å². The van der Waals surface area contributed by atoms with Crippen molar-refractivity contribution in [2.45, 2.75) is 18.9 Å². The van der Waals surface area contributed by atoms with Gasteiger partial charge in [0.2, 0.25) is 0 Å². The molecular formula is C23H24N2O5S. The lowest BCUT2D eigenvalue weighted by Gasteiger charge is -2.14. The third-order valence-corrected chi connectivity index (χ3v) is 5.74. The highest BCUT2D eigenvalue weighted by Gasteiger charge is 2.19. The van der Waals surface area contributed by atoms with Crippen LogP contribution in [0, 0.1) is 0 Å². The zero-order valence-corrected chi connectivity index (χ0v) is 18.2. The second kappa shape index (κ2) is 9.80. The normalized spacial score (nSPS) is 15.5. The van der Waals surface area contributed by atoms with Crippen molar-refractivity contribution in [1.82, 2.24) is 4.98 Å². The number of para-hydroxylation sites is 1. The van der Waals surface area contributed by atoms with E-state index in [2.05, 4.69) is 10.3 Å². The van der Waals surface area contributed by atoms with Gasteiger partial charge in [-0.3, -0.25) is 10.1 Å². The Bertz CT molecular complexity index is 1050. The van der Waals surface area contributed by atoms with Crippen molar-refractivity contribution in [2.75, 3.05) is 32.8 Å². The molecule has 7 nitrogen and oxygen atoms in total. The number of carbonyl (C=O) groups is 1. The molecule has 1 aliphatic rings. The highest BCUT2D eigenvalue weighted by Crippen LogP contribution is 2.33. The summed E-state index contributed by atoms with van der Waals surface area (Å²) in [7, 11) is 3.18. The summed E-state index contributed by atoms with van der Waals surface area (Å²) in [5.41, 5.74) is 2.07. The first-order valence-electron chi connectivity index (χ1n) is 10.0. The lowest BCUT2D eigenvalue weighted by molar-refractivity contribution is 0.0673. The van der Waals surface area contributed by atoms with Crippen LogP contribution in [0.4, 0.5) is 5.13 Å². The van der Waals surface area contributed by atoms with E-state index in [-0.39, 0.29) is 12.0 Å². The van der Waals surface area contributed by atoms with Gasteiger partial charge < -0.3 is 18.9 Å². The maximum Gasteiger partial charge on any atom is 0.261 e. The van der Waals surface area contributed by atoms with Crippen molar-refractivity contribution < 1.29 is 23.7 Å². The summed E-state index contributed by atoms with van der Waals surface area (Å²) >= 11 is 1.35. The van der Waals surface area contributed by atoms with Gasteiger partial charge in [0.15, 0.2) is 16.6 Å². The number of ether oxygens (including phenoxy) is 4. The van der Waals surface area contributed by atoms with E-state index >= 15 is 0 Å². The average Bonchev–Trinajstić information content (AvgIpc) is 3.49. The predicted molar refractivity (Wildman–Crippen MR) is 120 cm³/mol. The number of benzene rings is 2. The van der Waals surface area contributed by atoms with E-state index in [1.54, 1.807) is 26.4 Å². The minimum atomic E-state index is -0.267. The Labute approximate surface area is 184 Å². The molecule has 8 heteroatoms. The molecule has 1 fully saturated rings. The number of methoxy groups -OCH3 is 2. The summed E-state index contributed by atoms with van der Waals surface area (Å²) in [4.78, 5) is 17.4. The monoisotopic (exact) mass is 440 g/mol. The van der Waals surface area contributed by atoms with Crippen molar-refractivity contribution in [3.05, 3.63) is 53.4 Å². The lowest BCUT2D eigenvalue weighted by atomic mass is 10.1. The van der Waals surface area contributed by atoms with Crippen LogP contribution in [0.15, 0.2) is 47.8 Å². The molecule has 3 aromatic rings. The number of nitrogens with zero attached hydrogens (tertiary/aromatic N) is 1. The van der Waals surface area contributed by atoms with Crippen molar-refractivity contribution in [3.8, 4) is 28.5 Å². The second-order valence-corrected chi connectivity index (χ2v) is 7.86. The Morgan fingerprint density at radius 1 is 1.16 bits per heavy atom. The summed E-state index contributed by atoms with van der Waals surface area (Å²) in [6, 6.07) is 12.8. The fourth-order valence-electron chi connectivity index (χ4n) is 3.36. The van der Waals surface area contributed by atoms with E-state index < -0.39 is 0 Å². The fourth-order valence-corrected chi connectivity index (χ4v) is 4.08. The Kier molecular flexibility index (Phi) is 6.69. The van der Waals surface area contributed by atoms with E-state index in [4.69, 9.17) is 18.9 Å². The number of carbonyl (C=O) groups excluding carboxylic acids is 1. The van der Waals surface area contributed by atoms with Crippen LogP contribution in [0.3, 0.4) is 0 Å². The van der Waals surface area contributed by atoms with Crippen LogP contribution in [0.5, 0.6) is 17.2 Å². The van der Waals surface area contributed by atoms with Crippen LogP contribution in [-0.2, 0) is 4.74 Å². The number of hydrogen-bond donors (Lipinski definition) is 1. The third-order valence-electron chi connectivity index (χ3n) is 4.98. The molecule has 1 aliphatic heterocycles. The Morgan fingerprint density at radius 3 is 2.77 bits per heavy atom. The Morgan fingerprint density at radius 2 is 2.00 bits per heavy atom.